The molecule has 6 N–H and O–H groups in total. The van der Waals surface area contributed by atoms with Crippen molar-refractivity contribution in [3.8, 4) is 5.75 Å². The second kappa shape index (κ2) is 5.21. The van der Waals surface area contributed by atoms with Gasteiger partial charge in [0.05, 0.1) is 18.3 Å². The number of pyridine rings is 1. The fourth-order valence-electron chi connectivity index (χ4n) is 1.63. The number of hydrogen-bond acceptors (Lipinski definition) is 3. The molecule has 0 radical (unpaired) electrons. The van der Waals surface area contributed by atoms with E-state index in [0.29, 0.717) is 17.0 Å². The molecule has 0 aliphatic heterocycles. The van der Waals surface area contributed by atoms with Gasteiger partial charge in [-0.15, -0.1) is 0 Å². The van der Waals surface area contributed by atoms with Gasteiger partial charge in [-0.05, 0) is 12.1 Å². The number of guanidine groups is 2. The molecular weight excluding hydrogens is 244 g/mol. The third-order valence-corrected chi connectivity index (χ3v) is 2.37. The molecule has 2 rings (SSSR count). The van der Waals surface area contributed by atoms with Crippen molar-refractivity contribution in [1.82, 2.24) is 4.98 Å². The zero-order valence-electron chi connectivity index (χ0n) is 10.4. The van der Waals surface area contributed by atoms with E-state index in [9.17, 15) is 0 Å². The van der Waals surface area contributed by atoms with Gasteiger partial charge in [0.15, 0.2) is 5.96 Å². The lowest BCUT2D eigenvalue weighted by Crippen LogP contribution is -2.26. The van der Waals surface area contributed by atoms with E-state index in [2.05, 4.69) is 15.0 Å². The van der Waals surface area contributed by atoms with E-state index in [1.54, 1.807) is 19.4 Å². The quantitative estimate of drug-likeness (QED) is 0.533. The Hall–Kier alpha value is -2.83. The molecule has 0 amide bonds. The minimum atomic E-state index is -0.151. The maximum absolute atomic E-state index is 5.62. The van der Waals surface area contributed by atoms with E-state index < -0.39 is 0 Å². The van der Waals surface area contributed by atoms with Gasteiger partial charge in [0.25, 0.3) is 0 Å². The zero-order chi connectivity index (χ0) is 13.8. The normalized spacial score (nSPS) is 11.3. The molecule has 7 heteroatoms. The van der Waals surface area contributed by atoms with Crippen LogP contribution in [0.5, 0.6) is 5.75 Å². The number of nitrogens with zero attached hydrogens (tertiary/aromatic N) is 3. The highest BCUT2D eigenvalue weighted by atomic mass is 16.5. The van der Waals surface area contributed by atoms with Crippen molar-refractivity contribution in [2.45, 2.75) is 0 Å². The number of aromatic nitrogens is 1. The molecule has 0 spiro atoms. The molecule has 2 aromatic rings. The Morgan fingerprint density at radius 2 is 2.05 bits per heavy atom. The first-order valence-corrected chi connectivity index (χ1v) is 5.46. The molecule has 0 saturated carbocycles. The average molecular weight is 258 g/mol. The van der Waals surface area contributed by atoms with Crippen LogP contribution in [0, 0.1) is 0 Å². The fourth-order valence-corrected chi connectivity index (χ4v) is 1.63. The minimum Gasteiger partial charge on any atom is -0.497 e. The van der Waals surface area contributed by atoms with Crippen LogP contribution in [0.3, 0.4) is 0 Å². The SMILES string of the molecule is COc1cc(N=C(N)N=C(N)N)c2ncccc2c1. The predicted molar refractivity (Wildman–Crippen MR) is 75.4 cm³/mol. The summed E-state index contributed by atoms with van der Waals surface area (Å²) >= 11 is 0. The van der Waals surface area contributed by atoms with Crippen LogP contribution in [0.1, 0.15) is 0 Å². The van der Waals surface area contributed by atoms with Crippen LogP contribution in [0.4, 0.5) is 5.69 Å². The predicted octanol–water partition coefficient (Wildman–Crippen LogP) is 0.463. The molecule has 19 heavy (non-hydrogen) atoms. The number of hydrogen-bond donors (Lipinski definition) is 3. The van der Waals surface area contributed by atoms with E-state index in [1.165, 1.54) is 0 Å². The van der Waals surface area contributed by atoms with E-state index in [1.807, 2.05) is 18.2 Å². The molecule has 0 bridgehead atoms. The maximum Gasteiger partial charge on any atom is 0.223 e. The van der Waals surface area contributed by atoms with Gasteiger partial charge in [0.1, 0.15) is 5.75 Å². The molecule has 1 aromatic heterocycles. The largest absolute Gasteiger partial charge is 0.497 e. The van der Waals surface area contributed by atoms with Crippen molar-refractivity contribution in [3.63, 3.8) is 0 Å². The highest BCUT2D eigenvalue weighted by Crippen LogP contribution is 2.29. The molecule has 0 fully saturated rings. The van der Waals surface area contributed by atoms with E-state index in [-0.39, 0.29) is 11.9 Å². The number of methoxy groups -OCH3 is 1. The lowest BCUT2D eigenvalue weighted by atomic mass is 10.2. The molecule has 7 nitrogen and oxygen atoms in total. The van der Waals surface area contributed by atoms with Crippen LogP contribution in [0.15, 0.2) is 40.4 Å². The number of nitrogens with two attached hydrogens (primary N) is 3. The van der Waals surface area contributed by atoms with E-state index in [4.69, 9.17) is 21.9 Å². The number of aliphatic imine (C=N–C) groups is 2. The Bertz CT molecular complexity index is 660. The summed E-state index contributed by atoms with van der Waals surface area (Å²) in [5, 5.41) is 0.887. The van der Waals surface area contributed by atoms with Crippen LogP contribution in [-0.2, 0) is 0 Å². The van der Waals surface area contributed by atoms with Crippen LogP contribution >= 0.6 is 0 Å². The first-order chi connectivity index (χ1) is 9.10. The highest BCUT2D eigenvalue weighted by Gasteiger charge is 2.05. The zero-order valence-corrected chi connectivity index (χ0v) is 10.4. The van der Waals surface area contributed by atoms with Crippen molar-refractivity contribution in [3.05, 3.63) is 30.5 Å². The summed E-state index contributed by atoms with van der Waals surface area (Å²) in [6.45, 7) is 0. The Kier molecular flexibility index (Phi) is 3.46. The number of benzene rings is 1. The van der Waals surface area contributed by atoms with Crippen LogP contribution in [0.25, 0.3) is 10.9 Å². The van der Waals surface area contributed by atoms with Gasteiger partial charge >= 0.3 is 0 Å². The third-order valence-electron chi connectivity index (χ3n) is 2.37. The van der Waals surface area contributed by atoms with Crippen molar-refractivity contribution in [2.75, 3.05) is 7.11 Å². The minimum absolute atomic E-state index is 0.0415. The second-order valence-electron chi connectivity index (χ2n) is 3.73. The maximum atomic E-state index is 5.62. The molecular formula is C12H14N6O. The standard InChI is InChI=1S/C12H14N6O/c1-19-8-5-7-3-2-4-16-10(7)9(6-8)17-12(15)18-11(13)14/h2-6H,1H3,(H6,13,14,15,17,18). The summed E-state index contributed by atoms with van der Waals surface area (Å²) in [6, 6.07) is 7.30. The summed E-state index contributed by atoms with van der Waals surface area (Å²) in [5.74, 6) is 0.457. The van der Waals surface area contributed by atoms with Crippen LogP contribution in [0.2, 0.25) is 0 Å². The topological polar surface area (TPSA) is 125 Å². The third kappa shape index (κ3) is 2.89. The van der Waals surface area contributed by atoms with E-state index in [0.717, 1.165) is 5.39 Å². The summed E-state index contributed by atoms with van der Waals surface area (Å²) < 4.78 is 5.20. The molecule has 0 aliphatic carbocycles. The molecule has 0 saturated heterocycles. The van der Waals surface area contributed by atoms with Gasteiger partial charge in [-0.1, -0.05) is 6.07 Å². The van der Waals surface area contributed by atoms with Crippen molar-refractivity contribution in [2.24, 2.45) is 27.2 Å². The molecule has 1 aromatic carbocycles. The van der Waals surface area contributed by atoms with E-state index >= 15 is 0 Å². The summed E-state index contributed by atoms with van der Waals surface area (Å²) in [6.07, 6.45) is 1.67. The van der Waals surface area contributed by atoms with Gasteiger partial charge in [0, 0.05) is 17.6 Å². The smallest absolute Gasteiger partial charge is 0.223 e. The lowest BCUT2D eigenvalue weighted by Gasteiger charge is -2.05. The van der Waals surface area contributed by atoms with Crippen molar-refractivity contribution >= 4 is 28.5 Å². The number of ether oxygens (including phenoxy) is 1. The van der Waals surface area contributed by atoms with Gasteiger partial charge in [0.2, 0.25) is 5.96 Å². The van der Waals surface area contributed by atoms with Crippen LogP contribution < -0.4 is 21.9 Å². The fraction of sp³-hybridized carbons (Fsp3) is 0.0833. The van der Waals surface area contributed by atoms with Gasteiger partial charge in [-0.2, -0.15) is 4.99 Å². The monoisotopic (exact) mass is 258 g/mol. The van der Waals surface area contributed by atoms with Crippen molar-refractivity contribution < 1.29 is 4.74 Å². The first-order valence-electron chi connectivity index (χ1n) is 5.46. The molecule has 98 valence electrons. The number of rotatable bonds is 2. The van der Waals surface area contributed by atoms with Gasteiger partial charge < -0.3 is 21.9 Å². The Balaban J connectivity index is 2.61. The summed E-state index contributed by atoms with van der Waals surface area (Å²) in [4.78, 5) is 12.1. The molecule has 1 heterocycles. The Labute approximate surface area is 109 Å². The lowest BCUT2D eigenvalue weighted by molar-refractivity contribution is 0.415. The average Bonchev–Trinajstić information content (AvgIpc) is 2.37. The molecule has 0 atom stereocenters. The Morgan fingerprint density at radius 1 is 1.26 bits per heavy atom. The molecule has 0 aliphatic rings. The van der Waals surface area contributed by atoms with Crippen LogP contribution in [-0.4, -0.2) is 24.0 Å². The summed E-state index contributed by atoms with van der Waals surface area (Å²) in [5.41, 5.74) is 17.3. The summed E-state index contributed by atoms with van der Waals surface area (Å²) in [7, 11) is 1.57. The molecule has 0 unspecified atom stereocenters. The highest BCUT2D eigenvalue weighted by molar-refractivity contribution is 5.97. The number of fused-ring (bicyclic) bond motifs is 1. The first kappa shape index (κ1) is 12.6. The van der Waals surface area contributed by atoms with Gasteiger partial charge in [-0.25, -0.2) is 4.99 Å². The van der Waals surface area contributed by atoms with Gasteiger partial charge in [-0.3, -0.25) is 4.98 Å². The second-order valence-corrected chi connectivity index (χ2v) is 3.73. The van der Waals surface area contributed by atoms with Crippen molar-refractivity contribution in [1.29, 1.82) is 0 Å². The Morgan fingerprint density at radius 3 is 2.74 bits per heavy atom.